The van der Waals surface area contributed by atoms with Gasteiger partial charge >= 0.3 is 0 Å². The molecule has 2 aromatic heterocycles. The van der Waals surface area contributed by atoms with Crippen molar-refractivity contribution >= 4 is 40.7 Å². The summed E-state index contributed by atoms with van der Waals surface area (Å²) in [6.07, 6.45) is 6.11. The van der Waals surface area contributed by atoms with E-state index in [9.17, 15) is 14.8 Å². The lowest BCUT2D eigenvalue weighted by molar-refractivity contribution is -0.605. The maximum absolute atomic E-state index is 12.1. The number of benzene rings is 1. The molecule has 1 unspecified atom stereocenters. The SMILES string of the molecule is CC(=O)c1ccc(-c2cc(Cl)c3c(c2)CC(CNC(=O)C=Cc2ccc[n+]([O-])c2)O3)s1. The number of aromatic nitrogens is 1. The van der Waals surface area contributed by atoms with Crippen LogP contribution in [0.1, 0.15) is 27.7 Å². The normalized spacial score (nSPS) is 15.0. The topological polar surface area (TPSA) is 82.3 Å². The van der Waals surface area contributed by atoms with Gasteiger partial charge in [0.15, 0.2) is 18.2 Å². The predicted octanol–water partition coefficient (Wildman–Crippen LogP) is 4.04. The van der Waals surface area contributed by atoms with E-state index in [4.69, 9.17) is 16.3 Å². The molecule has 3 aromatic rings. The number of nitrogens with one attached hydrogen (secondary N) is 1. The maximum atomic E-state index is 12.1. The molecule has 1 amide bonds. The second-order valence-electron chi connectivity index (χ2n) is 7.19. The van der Waals surface area contributed by atoms with E-state index in [1.54, 1.807) is 25.1 Å². The van der Waals surface area contributed by atoms with Crippen molar-refractivity contribution in [2.75, 3.05) is 6.54 Å². The Morgan fingerprint density at radius 2 is 2.19 bits per heavy atom. The lowest BCUT2D eigenvalue weighted by atomic mass is 10.1. The van der Waals surface area contributed by atoms with Crippen molar-refractivity contribution in [3.8, 4) is 16.2 Å². The molecule has 4 rings (SSSR count). The molecule has 0 bridgehead atoms. The van der Waals surface area contributed by atoms with Crippen molar-refractivity contribution in [1.29, 1.82) is 0 Å². The molecule has 6 nitrogen and oxygen atoms in total. The van der Waals surface area contributed by atoms with Gasteiger partial charge in [-0.2, -0.15) is 4.73 Å². The largest absolute Gasteiger partial charge is 0.619 e. The summed E-state index contributed by atoms with van der Waals surface area (Å²) in [5.74, 6) is 0.395. The molecule has 31 heavy (non-hydrogen) atoms. The number of hydrogen-bond acceptors (Lipinski definition) is 5. The Kier molecular flexibility index (Phi) is 6.06. The third-order valence-electron chi connectivity index (χ3n) is 4.82. The maximum Gasteiger partial charge on any atom is 0.244 e. The van der Waals surface area contributed by atoms with Crippen LogP contribution < -0.4 is 14.8 Å². The fourth-order valence-electron chi connectivity index (χ4n) is 3.34. The van der Waals surface area contributed by atoms with Crippen LogP contribution in [0.15, 0.2) is 54.9 Å². The van der Waals surface area contributed by atoms with Gasteiger partial charge in [-0.3, -0.25) is 9.59 Å². The molecule has 158 valence electrons. The lowest BCUT2D eigenvalue weighted by Gasteiger charge is -2.11. The number of hydrogen-bond donors (Lipinski definition) is 1. The van der Waals surface area contributed by atoms with Gasteiger partial charge in [-0.1, -0.05) is 11.6 Å². The highest BCUT2D eigenvalue weighted by Crippen LogP contribution is 2.41. The van der Waals surface area contributed by atoms with Gasteiger partial charge in [-0.25, -0.2) is 0 Å². The molecule has 3 heterocycles. The zero-order chi connectivity index (χ0) is 22.0. The van der Waals surface area contributed by atoms with Crippen molar-refractivity contribution < 1.29 is 19.1 Å². The number of halogens is 1. The molecule has 8 heteroatoms. The summed E-state index contributed by atoms with van der Waals surface area (Å²) in [6.45, 7) is 1.88. The molecule has 0 saturated heterocycles. The fourth-order valence-corrected chi connectivity index (χ4v) is 4.51. The van der Waals surface area contributed by atoms with Crippen molar-refractivity contribution in [3.63, 3.8) is 0 Å². The number of pyridine rings is 1. The Labute approximate surface area is 188 Å². The highest BCUT2D eigenvalue weighted by atomic mass is 35.5. The molecule has 0 aliphatic carbocycles. The van der Waals surface area contributed by atoms with Gasteiger partial charge in [0.05, 0.1) is 16.4 Å². The van der Waals surface area contributed by atoms with Crippen LogP contribution in [-0.2, 0) is 11.2 Å². The van der Waals surface area contributed by atoms with E-state index < -0.39 is 0 Å². The number of amides is 1. The van der Waals surface area contributed by atoms with Crippen LogP contribution in [0, 0.1) is 5.21 Å². The van der Waals surface area contributed by atoms with E-state index in [1.165, 1.54) is 29.8 Å². The third-order valence-corrected chi connectivity index (χ3v) is 6.34. The number of fused-ring (bicyclic) bond motifs is 1. The van der Waals surface area contributed by atoms with Gasteiger partial charge in [0.2, 0.25) is 5.91 Å². The summed E-state index contributed by atoms with van der Waals surface area (Å²) >= 11 is 7.87. The molecule has 1 aliphatic heterocycles. The van der Waals surface area contributed by atoms with E-state index in [-0.39, 0.29) is 17.8 Å². The van der Waals surface area contributed by atoms with Crippen molar-refractivity contribution in [2.24, 2.45) is 0 Å². The van der Waals surface area contributed by atoms with E-state index >= 15 is 0 Å². The second kappa shape index (κ2) is 8.91. The fraction of sp³-hybridized carbons (Fsp3) is 0.174. The Balaban J connectivity index is 1.38. The summed E-state index contributed by atoms with van der Waals surface area (Å²) in [4.78, 5) is 25.3. The third kappa shape index (κ3) is 4.95. The number of carbonyl (C=O) groups is 2. The molecule has 1 aliphatic rings. The number of ketones is 1. The van der Waals surface area contributed by atoms with Crippen LogP contribution >= 0.6 is 22.9 Å². The minimum absolute atomic E-state index is 0.0381. The summed E-state index contributed by atoms with van der Waals surface area (Å²) in [5.41, 5.74) is 2.55. The van der Waals surface area contributed by atoms with Gasteiger partial charge in [0.25, 0.3) is 0 Å². The van der Waals surface area contributed by atoms with Gasteiger partial charge in [-0.05, 0) is 48.9 Å². The van der Waals surface area contributed by atoms with Crippen LogP contribution in [0.3, 0.4) is 0 Å². The molecular formula is C23H19ClN2O4S. The first-order valence-corrected chi connectivity index (χ1v) is 10.8. The number of nitrogens with zero attached hydrogens (tertiary/aromatic N) is 1. The number of thiophene rings is 1. The van der Waals surface area contributed by atoms with Gasteiger partial charge in [0.1, 0.15) is 11.9 Å². The number of carbonyl (C=O) groups excluding carboxylic acids is 2. The molecule has 0 fully saturated rings. The van der Waals surface area contributed by atoms with Crippen LogP contribution in [0.2, 0.25) is 5.02 Å². The molecule has 1 aromatic carbocycles. The zero-order valence-corrected chi connectivity index (χ0v) is 18.2. The minimum Gasteiger partial charge on any atom is -0.619 e. The first-order valence-electron chi connectivity index (χ1n) is 9.64. The minimum atomic E-state index is -0.275. The predicted molar refractivity (Wildman–Crippen MR) is 120 cm³/mol. The van der Waals surface area contributed by atoms with Gasteiger partial charge in [0, 0.05) is 34.6 Å². The van der Waals surface area contributed by atoms with E-state index in [1.807, 2.05) is 24.3 Å². The van der Waals surface area contributed by atoms with Crippen molar-refractivity contribution in [2.45, 2.75) is 19.4 Å². The monoisotopic (exact) mass is 454 g/mol. The zero-order valence-electron chi connectivity index (χ0n) is 16.6. The second-order valence-corrected chi connectivity index (χ2v) is 8.68. The molecule has 0 radical (unpaired) electrons. The quantitative estimate of drug-likeness (QED) is 0.264. The summed E-state index contributed by atoms with van der Waals surface area (Å²) < 4.78 is 6.61. The summed E-state index contributed by atoms with van der Waals surface area (Å²) in [7, 11) is 0. The smallest absolute Gasteiger partial charge is 0.244 e. The van der Waals surface area contributed by atoms with Crippen molar-refractivity contribution in [3.05, 3.63) is 81.1 Å². The number of ether oxygens (including phenoxy) is 1. The van der Waals surface area contributed by atoms with Crippen LogP contribution in [0.4, 0.5) is 0 Å². The van der Waals surface area contributed by atoms with Crippen LogP contribution in [0.5, 0.6) is 5.75 Å². The molecule has 1 N–H and O–H groups in total. The molecular weight excluding hydrogens is 436 g/mol. The van der Waals surface area contributed by atoms with Crippen LogP contribution in [0.25, 0.3) is 16.5 Å². The summed E-state index contributed by atoms with van der Waals surface area (Å²) in [5, 5.41) is 14.6. The highest BCUT2D eigenvalue weighted by Gasteiger charge is 2.26. The van der Waals surface area contributed by atoms with Crippen molar-refractivity contribution in [1.82, 2.24) is 5.32 Å². The average molecular weight is 455 g/mol. The highest BCUT2D eigenvalue weighted by molar-refractivity contribution is 7.17. The molecule has 1 atom stereocenters. The van der Waals surface area contributed by atoms with Gasteiger partial charge in [-0.15, -0.1) is 11.3 Å². The van der Waals surface area contributed by atoms with Crippen LogP contribution in [-0.4, -0.2) is 24.3 Å². The van der Waals surface area contributed by atoms with E-state index in [0.29, 0.717) is 38.9 Å². The number of Topliss-reactive ketones (excluding diaryl/α,β-unsaturated/α-hetero) is 1. The Hall–Kier alpha value is -3.16. The Morgan fingerprint density at radius 3 is 2.94 bits per heavy atom. The first-order chi connectivity index (χ1) is 14.9. The molecule has 0 saturated carbocycles. The lowest BCUT2D eigenvalue weighted by Crippen LogP contribution is -2.33. The Bertz CT molecular complexity index is 1190. The Morgan fingerprint density at radius 1 is 1.35 bits per heavy atom. The average Bonchev–Trinajstić information content (AvgIpc) is 3.38. The van der Waals surface area contributed by atoms with E-state index in [0.717, 1.165) is 16.0 Å². The number of rotatable bonds is 6. The van der Waals surface area contributed by atoms with Gasteiger partial charge < -0.3 is 15.3 Å². The first kappa shape index (κ1) is 21.1. The summed E-state index contributed by atoms with van der Waals surface area (Å²) in [6, 6.07) is 10.9. The standard InChI is InChI=1S/C23H19ClN2O4S/c1-14(27)20-5-6-21(31-20)16-9-17-10-18(30-23(17)19(24)11-16)12-25-22(28)7-4-15-3-2-8-26(29)13-15/h2-9,11,13,18H,10,12H2,1H3,(H,25,28). The van der Waals surface area contributed by atoms with E-state index in [2.05, 4.69) is 5.32 Å². The molecule has 0 spiro atoms.